The number of nitrogens with zero attached hydrogens (tertiary/aromatic N) is 2. The van der Waals surface area contributed by atoms with Crippen LogP contribution in [0.4, 0.5) is 11.4 Å². The number of halogens is 1. The summed E-state index contributed by atoms with van der Waals surface area (Å²) in [6.07, 6.45) is 1.66. The summed E-state index contributed by atoms with van der Waals surface area (Å²) in [4.78, 5) is 6.29. The molecule has 19 heavy (non-hydrogen) atoms. The molecular weight excluding hydrogens is 306 g/mol. The smallest absolute Gasteiger partial charge is 0.0765 e. The Kier molecular flexibility index (Phi) is 3.69. The molecule has 0 fully saturated rings. The average Bonchev–Trinajstić information content (AvgIpc) is 2.25. The van der Waals surface area contributed by atoms with Gasteiger partial charge in [0.25, 0.3) is 0 Å². The van der Waals surface area contributed by atoms with Crippen LogP contribution in [0.2, 0.25) is 0 Å². The van der Waals surface area contributed by atoms with Crippen molar-refractivity contribution < 1.29 is 5.11 Å². The Balaban J connectivity index is 2.57. The Hall–Kier alpha value is -1.33. The van der Waals surface area contributed by atoms with Gasteiger partial charge in [0.2, 0.25) is 0 Å². The number of aromatic nitrogens is 1. The van der Waals surface area contributed by atoms with Gasteiger partial charge in [-0.05, 0) is 32.0 Å². The maximum atomic E-state index is 9.96. The van der Waals surface area contributed by atoms with Gasteiger partial charge in [-0.1, -0.05) is 15.9 Å². The van der Waals surface area contributed by atoms with Crippen LogP contribution in [0.15, 0.2) is 28.9 Å². The first-order valence-electron chi connectivity index (χ1n) is 6.05. The highest BCUT2D eigenvalue weighted by Gasteiger charge is 2.19. The van der Waals surface area contributed by atoms with E-state index in [1.165, 1.54) is 0 Å². The lowest BCUT2D eigenvalue weighted by Crippen LogP contribution is -2.36. The third-order valence-corrected chi connectivity index (χ3v) is 3.33. The fraction of sp³-hybridized carbons (Fsp3) is 0.357. The van der Waals surface area contributed by atoms with Crippen LogP contribution in [0.5, 0.6) is 0 Å². The van der Waals surface area contributed by atoms with Crippen LogP contribution in [0.1, 0.15) is 13.8 Å². The van der Waals surface area contributed by atoms with Crippen LogP contribution in [-0.2, 0) is 0 Å². The van der Waals surface area contributed by atoms with E-state index in [1.54, 1.807) is 20.0 Å². The van der Waals surface area contributed by atoms with Crippen molar-refractivity contribution in [3.05, 3.63) is 28.9 Å². The zero-order valence-electron chi connectivity index (χ0n) is 11.3. The molecule has 1 aromatic carbocycles. The molecule has 0 spiro atoms. The molecule has 0 aliphatic heterocycles. The van der Waals surface area contributed by atoms with Gasteiger partial charge in [-0.25, -0.2) is 0 Å². The molecule has 0 saturated heterocycles. The Morgan fingerprint density at radius 2 is 2.11 bits per heavy atom. The monoisotopic (exact) mass is 323 g/mol. The van der Waals surface area contributed by atoms with Crippen molar-refractivity contribution in [3.8, 4) is 0 Å². The molecule has 102 valence electrons. The second-order valence-corrected chi connectivity index (χ2v) is 6.31. The summed E-state index contributed by atoms with van der Waals surface area (Å²) >= 11 is 3.47. The van der Waals surface area contributed by atoms with Crippen molar-refractivity contribution in [2.75, 3.05) is 24.2 Å². The standard InChI is InChI=1S/C14H18BrN3O/c1-14(2,19)8-18(3)13-10-6-9(15)4-5-12(10)17-7-11(13)16/h4-7,19H,8,16H2,1-3H3. The maximum Gasteiger partial charge on any atom is 0.0765 e. The van der Waals surface area contributed by atoms with E-state index in [0.29, 0.717) is 12.2 Å². The Morgan fingerprint density at radius 3 is 2.74 bits per heavy atom. The number of anilines is 2. The first-order valence-corrected chi connectivity index (χ1v) is 6.84. The van der Waals surface area contributed by atoms with E-state index in [-0.39, 0.29) is 0 Å². The Morgan fingerprint density at radius 1 is 1.42 bits per heavy atom. The summed E-state index contributed by atoms with van der Waals surface area (Å²) < 4.78 is 0.977. The summed E-state index contributed by atoms with van der Waals surface area (Å²) in [6.45, 7) is 4.04. The molecule has 0 aliphatic rings. The molecule has 0 amide bonds. The fourth-order valence-electron chi connectivity index (χ4n) is 2.25. The highest BCUT2D eigenvalue weighted by Crippen LogP contribution is 2.33. The zero-order chi connectivity index (χ0) is 14.2. The van der Waals surface area contributed by atoms with E-state index < -0.39 is 5.60 Å². The summed E-state index contributed by atoms with van der Waals surface area (Å²) in [7, 11) is 1.92. The Bertz CT molecular complexity index is 602. The van der Waals surface area contributed by atoms with Gasteiger partial charge in [0.1, 0.15) is 0 Å². The van der Waals surface area contributed by atoms with Crippen molar-refractivity contribution in [2.45, 2.75) is 19.4 Å². The highest BCUT2D eigenvalue weighted by atomic mass is 79.9. The zero-order valence-corrected chi connectivity index (χ0v) is 12.9. The quantitative estimate of drug-likeness (QED) is 0.911. The van der Waals surface area contributed by atoms with Gasteiger partial charge < -0.3 is 15.7 Å². The van der Waals surface area contributed by atoms with Crippen molar-refractivity contribution >= 4 is 38.2 Å². The van der Waals surface area contributed by atoms with E-state index >= 15 is 0 Å². The SMILES string of the molecule is CN(CC(C)(C)O)c1c(N)cnc2ccc(Br)cc12. The van der Waals surface area contributed by atoms with Crippen LogP contribution in [-0.4, -0.2) is 29.3 Å². The first-order chi connectivity index (χ1) is 8.78. The lowest BCUT2D eigenvalue weighted by atomic mass is 10.1. The van der Waals surface area contributed by atoms with Gasteiger partial charge in [0.15, 0.2) is 0 Å². The van der Waals surface area contributed by atoms with E-state index in [1.807, 2.05) is 30.1 Å². The van der Waals surface area contributed by atoms with E-state index in [9.17, 15) is 5.11 Å². The number of nitrogens with two attached hydrogens (primary N) is 1. The first kappa shape index (κ1) is 14.1. The van der Waals surface area contributed by atoms with Gasteiger partial charge >= 0.3 is 0 Å². The second kappa shape index (κ2) is 4.98. The van der Waals surface area contributed by atoms with E-state index in [4.69, 9.17) is 5.73 Å². The normalized spacial score (nSPS) is 11.8. The van der Waals surface area contributed by atoms with Crippen LogP contribution < -0.4 is 10.6 Å². The van der Waals surface area contributed by atoms with Gasteiger partial charge in [-0.2, -0.15) is 0 Å². The summed E-state index contributed by atoms with van der Waals surface area (Å²) in [6, 6.07) is 5.89. The predicted molar refractivity (Wildman–Crippen MR) is 83.4 cm³/mol. The molecule has 2 aromatic rings. The minimum absolute atomic E-state index is 0.489. The van der Waals surface area contributed by atoms with Crippen molar-refractivity contribution in [1.29, 1.82) is 0 Å². The van der Waals surface area contributed by atoms with Crippen LogP contribution in [0.25, 0.3) is 10.9 Å². The van der Waals surface area contributed by atoms with E-state index in [2.05, 4.69) is 20.9 Å². The molecule has 3 N–H and O–H groups in total. The number of fused-ring (bicyclic) bond motifs is 1. The average molecular weight is 324 g/mol. The molecular formula is C14H18BrN3O. The number of aliphatic hydroxyl groups is 1. The van der Waals surface area contributed by atoms with Gasteiger partial charge in [-0.15, -0.1) is 0 Å². The number of hydrogen-bond donors (Lipinski definition) is 2. The molecule has 0 atom stereocenters. The molecule has 1 heterocycles. The largest absolute Gasteiger partial charge is 0.396 e. The second-order valence-electron chi connectivity index (χ2n) is 5.39. The Labute approximate surface area is 121 Å². The van der Waals surface area contributed by atoms with Gasteiger partial charge in [-0.3, -0.25) is 4.98 Å². The minimum atomic E-state index is -0.789. The van der Waals surface area contributed by atoms with Crippen molar-refractivity contribution in [1.82, 2.24) is 4.98 Å². The molecule has 0 bridgehead atoms. The third-order valence-electron chi connectivity index (χ3n) is 2.84. The molecule has 0 saturated carbocycles. The molecule has 0 unspecified atom stereocenters. The highest BCUT2D eigenvalue weighted by molar-refractivity contribution is 9.10. The van der Waals surface area contributed by atoms with Gasteiger partial charge in [0, 0.05) is 23.5 Å². The van der Waals surface area contributed by atoms with Gasteiger partial charge in [0.05, 0.1) is 28.7 Å². The number of rotatable bonds is 3. The summed E-state index contributed by atoms with van der Waals surface area (Å²) in [5, 5.41) is 10.9. The fourth-order valence-corrected chi connectivity index (χ4v) is 2.61. The molecule has 0 aliphatic carbocycles. The number of hydrogen-bond acceptors (Lipinski definition) is 4. The summed E-state index contributed by atoms with van der Waals surface area (Å²) in [5.41, 5.74) is 7.66. The predicted octanol–water partition coefficient (Wildman–Crippen LogP) is 2.79. The molecule has 5 heteroatoms. The molecule has 4 nitrogen and oxygen atoms in total. The number of likely N-dealkylation sites (N-methyl/N-ethyl adjacent to an activating group) is 1. The van der Waals surface area contributed by atoms with Crippen LogP contribution in [0.3, 0.4) is 0 Å². The van der Waals surface area contributed by atoms with Crippen molar-refractivity contribution in [2.24, 2.45) is 0 Å². The topological polar surface area (TPSA) is 62.4 Å². The van der Waals surface area contributed by atoms with Crippen LogP contribution in [0, 0.1) is 0 Å². The lowest BCUT2D eigenvalue weighted by Gasteiger charge is -2.29. The number of nitrogen functional groups attached to an aromatic ring is 1. The third kappa shape index (κ3) is 3.16. The molecule has 0 radical (unpaired) electrons. The molecule has 2 rings (SSSR count). The number of benzene rings is 1. The minimum Gasteiger partial charge on any atom is -0.396 e. The summed E-state index contributed by atoms with van der Waals surface area (Å²) in [5.74, 6) is 0. The maximum absolute atomic E-state index is 9.96. The lowest BCUT2D eigenvalue weighted by molar-refractivity contribution is 0.0887. The number of pyridine rings is 1. The van der Waals surface area contributed by atoms with Crippen molar-refractivity contribution in [3.63, 3.8) is 0 Å². The molecule has 1 aromatic heterocycles. The van der Waals surface area contributed by atoms with Crippen LogP contribution >= 0.6 is 15.9 Å². The van der Waals surface area contributed by atoms with E-state index in [0.717, 1.165) is 21.1 Å².